The van der Waals surface area contributed by atoms with E-state index in [4.69, 9.17) is 0 Å². The molecule has 2 rings (SSSR count). The molecule has 2 saturated heterocycles. The lowest BCUT2D eigenvalue weighted by molar-refractivity contribution is 0.218. The van der Waals surface area contributed by atoms with Crippen LogP contribution in [0.5, 0.6) is 0 Å². The van der Waals surface area contributed by atoms with Crippen LogP contribution in [0, 0.1) is 17.3 Å². The van der Waals surface area contributed by atoms with Crippen LogP contribution in [0.25, 0.3) is 0 Å². The Bertz CT molecular complexity index is 226. The second kappa shape index (κ2) is 5.71. The third kappa shape index (κ3) is 3.96. The Labute approximate surface area is 107 Å². The van der Waals surface area contributed by atoms with E-state index in [1.54, 1.807) is 0 Å². The van der Waals surface area contributed by atoms with Crippen molar-refractivity contribution in [2.45, 2.75) is 46.5 Å². The highest BCUT2D eigenvalue weighted by Crippen LogP contribution is 2.33. The summed E-state index contributed by atoms with van der Waals surface area (Å²) in [6.45, 7) is 13.7. The van der Waals surface area contributed by atoms with Gasteiger partial charge >= 0.3 is 0 Å². The maximum Gasteiger partial charge on any atom is 0.00151 e. The predicted octanol–water partition coefficient (Wildman–Crippen LogP) is 2.74. The molecular formula is C15H30N2. The molecule has 0 aromatic heterocycles. The fourth-order valence-electron chi connectivity index (χ4n) is 3.28. The Balaban J connectivity index is 1.67. The van der Waals surface area contributed by atoms with Gasteiger partial charge in [0.2, 0.25) is 0 Å². The molecule has 0 spiro atoms. The van der Waals surface area contributed by atoms with E-state index in [9.17, 15) is 0 Å². The van der Waals surface area contributed by atoms with Gasteiger partial charge in [-0.25, -0.2) is 0 Å². The highest BCUT2D eigenvalue weighted by molar-refractivity contribution is 4.84. The monoisotopic (exact) mass is 238 g/mol. The van der Waals surface area contributed by atoms with Crippen molar-refractivity contribution in [3.05, 3.63) is 0 Å². The minimum absolute atomic E-state index is 0.501. The van der Waals surface area contributed by atoms with Crippen LogP contribution in [0.3, 0.4) is 0 Å². The molecule has 0 aliphatic carbocycles. The molecule has 2 atom stereocenters. The van der Waals surface area contributed by atoms with Gasteiger partial charge in [0.1, 0.15) is 0 Å². The maximum absolute atomic E-state index is 3.52. The zero-order valence-electron chi connectivity index (χ0n) is 12.0. The van der Waals surface area contributed by atoms with Gasteiger partial charge in [0.15, 0.2) is 0 Å². The normalized spacial score (nSPS) is 31.9. The third-order valence-electron chi connectivity index (χ3n) is 4.75. The number of hydrogen-bond acceptors (Lipinski definition) is 2. The molecule has 17 heavy (non-hydrogen) atoms. The quantitative estimate of drug-likeness (QED) is 0.813. The van der Waals surface area contributed by atoms with Crippen molar-refractivity contribution in [3.8, 4) is 0 Å². The Hall–Kier alpha value is -0.0800. The summed E-state index contributed by atoms with van der Waals surface area (Å²) in [4.78, 5) is 2.70. The van der Waals surface area contributed by atoms with Crippen LogP contribution in [-0.4, -0.2) is 37.6 Å². The Morgan fingerprint density at radius 1 is 1.24 bits per heavy atom. The summed E-state index contributed by atoms with van der Waals surface area (Å²) < 4.78 is 0. The molecule has 2 aliphatic rings. The highest BCUT2D eigenvalue weighted by Gasteiger charge is 2.31. The minimum Gasteiger partial charge on any atom is -0.316 e. The van der Waals surface area contributed by atoms with Crippen LogP contribution in [0.4, 0.5) is 0 Å². The molecule has 100 valence electrons. The fraction of sp³-hybridized carbons (Fsp3) is 1.00. The minimum atomic E-state index is 0.501. The molecule has 2 aliphatic heterocycles. The van der Waals surface area contributed by atoms with Crippen LogP contribution in [0.2, 0.25) is 0 Å². The number of piperidine rings is 1. The molecule has 2 heteroatoms. The lowest BCUT2D eigenvalue weighted by Gasteiger charge is -2.28. The summed E-state index contributed by atoms with van der Waals surface area (Å²) in [6, 6.07) is 0. The lowest BCUT2D eigenvalue weighted by Crippen LogP contribution is -2.33. The topological polar surface area (TPSA) is 15.3 Å². The number of nitrogens with one attached hydrogen (secondary N) is 1. The molecule has 0 bridgehead atoms. The molecule has 1 N–H and O–H groups in total. The first kappa shape index (κ1) is 13.4. The molecule has 0 saturated carbocycles. The van der Waals surface area contributed by atoms with Crippen LogP contribution in [0.15, 0.2) is 0 Å². The second-order valence-corrected chi connectivity index (χ2v) is 7.15. The molecule has 2 unspecified atom stereocenters. The van der Waals surface area contributed by atoms with Gasteiger partial charge < -0.3 is 10.2 Å². The van der Waals surface area contributed by atoms with Gasteiger partial charge in [0.25, 0.3) is 0 Å². The van der Waals surface area contributed by atoms with Crippen LogP contribution >= 0.6 is 0 Å². The van der Waals surface area contributed by atoms with Crippen molar-refractivity contribution < 1.29 is 0 Å². The van der Waals surface area contributed by atoms with E-state index in [0.29, 0.717) is 5.41 Å². The molecule has 0 amide bonds. The van der Waals surface area contributed by atoms with Gasteiger partial charge in [-0.1, -0.05) is 20.8 Å². The summed E-state index contributed by atoms with van der Waals surface area (Å²) in [5.74, 6) is 1.85. The van der Waals surface area contributed by atoms with Gasteiger partial charge in [-0.2, -0.15) is 0 Å². The van der Waals surface area contributed by atoms with Gasteiger partial charge in [0, 0.05) is 6.54 Å². The lowest BCUT2D eigenvalue weighted by atomic mass is 9.80. The Morgan fingerprint density at radius 3 is 2.65 bits per heavy atom. The van der Waals surface area contributed by atoms with E-state index in [1.165, 1.54) is 58.4 Å². The van der Waals surface area contributed by atoms with E-state index in [1.807, 2.05) is 0 Å². The zero-order chi connectivity index (χ0) is 12.3. The molecular weight excluding hydrogens is 208 g/mol. The summed E-state index contributed by atoms with van der Waals surface area (Å²) in [5.41, 5.74) is 0.501. The van der Waals surface area contributed by atoms with Crippen molar-refractivity contribution in [1.82, 2.24) is 10.2 Å². The number of hydrogen-bond donors (Lipinski definition) is 1. The predicted molar refractivity (Wildman–Crippen MR) is 74.2 cm³/mol. The molecule has 2 heterocycles. The Kier molecular flexibility index (Phi) is 4.48. The van der Waals surface area contributed by atoms with Crippen LogP contribution < -0.4 is 5.32 Å². The third-order valence-corrected chi connectivity index (χ3v) is 4.75. The molecule has 0 radical (unpaired) electrons. The molecule has 0 aromatic rings. The van der Waals surface area contributed by atoms with E-state index in [-0.39, 0.29) is 0 Å². The van der Waals surface area contributed by atoms with Crippen LogP contribution in [0.1, 0.15) is 46.5 Å². The fourth-order valence-corrected chi connectivity index (χ4v) is 3.28. The summed E-state index contributed by atoms with van der Waals surface area (Å²) in [6.07, 6.45) is 5.65. The highest BCUT2D eigenvalue weighted by atomic mass is 15.1. The second-order valence-electron chi connectivity index (χ2n) is 7.15. The zero-order valence-corrected chi connectivity index (χ0v) is 12.0. The van der Waals surface area contributed by atoms with Gasteiger partial charge in [-0.3, -0.25) is 0 Å². The standard InChI is InChI=1S/C15H30N2/c1-15(2,3)14-7-10-17(12-14)9-6-13-5-4-8-16-11-13/h13-14,16H,4-12H2,1-3H3. The summed E-state index contributed by atoms with van der Waals surface area (Å²) in [7, 11) is 0. The molecule has 0 aromatic carbocycles. The van der Waals surface area contributed by atoms with Crippen molar-refractivity contribution >= 4 is 0 Å². The van der Waals surface area contributed by atoms with Crippen molar-refractivity contribution in [3.63, 3.8) is 0 Å². The average Bonchev–Trinajstić information content (AvgIpc) is 2.76. The number of nitrogens with zero attached hydrogens (tertiary/aromatic N) is 1. The number of likely N-dealkylation sites (tertiary alicyclic amines) is 1. The van der Waals surface area contributed by atoms with E-state index in [2.05, 4.69) is 31.0 Å². The van der Waals surface area contributed by atoms with Crippen molar-refractivity contribution in [1.29, 1.82) is 0 Å². The average molecular weight is 238 g/mol. The first-order valence-corrected chi connectivity index (χ1v) is 7.49. The Morgan fingerprint density at radius 2 is 2.06 bits per heavy atom. The molecule has 2 fully saturated rings. The van der Waals surface area contributed by atoms with Gasteiger partial charge in [-0.15, -0.1) is 0 Å². The first-order valence-electron chi connectivity index (χ1n) is 7.49. The van der Waals surface area contributed by atoms with Crippen molar-refractivity contribution in [2.75, 3.05) is 32.7 Å². The van der Waals surface area contributed by atoms with Gasteiger partial charge in [-0.05, 0) is 69.1 Å². The number of rotatable bonds is 3. The molecule has 2 nitrogen and oxygen atoms in total. The van der Waals surface area contributed by atoms with E-state index < -0.39 is 0 Å². The van der Waals surface area contributed by atoms with Crippen molar-refractivity contribution in [2.24, 2.45) is 17.3 Å². The largest absolute Gasteiger partial charge is 0.316 e. The maximum atomic E-state index is 3.52. The summed E-state index contributed by atoms with van der Waals surface area (Å²) in [5, 5.41) is 3.52. The van der Waals surface area contributed by atoms with Crippen LogP contribution in [-0.2, 0) is 0 Å². The smallest absolute Gasteiger partial charge is 0.00151 e. The van der Waals surface area contributed by atoms with E-state index in [0.717, 1.165) is 11.8 Å². The first-order chi connectivity index (χ1) is 8.05. The summed E-state index contributed by atoms with van der Waals surface area (Å²) >= 11 is 0. The SMILES string of the molecule is CC(C)(C)C1CCN(CCC2CCCNC2)C1. The van der Waals surface area contributed by atoms with Gasteiger partial charge in [0.05, 0.1) is 0 Å². The van der Waals surface area contributed by atoms with E-state index >= 15 is 0 Å².